The van der Waals surface area contributed by atoms with Gasteiger partial charge in [0.2, 0.25) is 0 Å². The smallest absolute Gasteiger partial charge is 0.136 e. The second-order valence-electron chi connectivity index (χ2n) is 13.6. The lowest BCUT2D eigenvalue weighted by molar-refractivity contribution is 0.656. The van der Waals surface area contributed by atoms with Gasteiger partial charge in [-0.2, -0.15) is 0 Å². The lowest BCUT2D eigenvalue weighted by Gasteiger charge is -2.21. The molecule has 1 heterocycles. The van der Waals surface area contributed by atoms with Gasteiger partial charge in [0.05, 0.1) is 0 Å². The average molecular weight is 613 g/mol. The van der Waals surface area contributed by atoms with Crippen molar-refractivity contribution in [1.82, 2.24) is 0 Å². The summed E-state index contributed by atoms with van der Waals surface area (Å²) in [6, 6.07) is 57.6. The summed E-state index contributed by atoms with van der Waals surface area (Å²) in [5.41, 5.74) is 14.6. The molecule has 0 unspecified atom stereocenters. The minimum atomic E-state index is -0.0896. The quantitative estimate of drug-likeness (QED) is 0.181. The van der Waals surface area contributed by atoms with Gasteiger partial charge in [0.15, 0.2) is 0 Å². The minimum Gasteiger partial charge on any atom is -0.456 e. The molecule has 226 valence electrons. The second kappa shape index (κ2) is 10.0. The van der Waals surface area contributed by atoms with Crippen LogP contribution >= 0.6 is 0 Å². The van der Waals surface area contributed by atoms with Crippen LogP contribution in [0, 0.1) is 0 Å². The Bertz CT molecular complexity index is 2670. The van der Waals surface area contributed by atoms with Crippen molar-refractivity contribution in [3.05, 3.63) is 169 Å². The Morgan fingerprint density at radius 2 is 0.875 bits per heavy atom. The summed E-state index contributed by atoms with van der Waals surface area (Å²) in [6.45, 7) is 4.69. The number of furan rings is 1. The number of para-hydroxylation sites is 1. The molecule has 0 fully saturated rings. The summed E-state index contributed by atoms with van der Waals surface area (Å²) in [5.74, 6) is 0. The summed E-state index contributed by atoms with van der Waals surface area (Å²) < 4.78 is 6.32. The Labute approximate surface area is 279 Å². The molecular formula is C47H32O. The fourth-order valence-electron chi connectivity index (χ4n) is 8.42. The van der Waals surface area contributed by atoms with Gasteiger partial charge in [0, 0.05) is 16.2 Å². The summed E-state index contributed by atoms with van der Waals surface area (Å²) in [5, 5.41) is 7.51. The van der Waals surface area contributed by atoms with E-state index in [1.165, 1.54) is 88.0 Å². The highest BCUT2D eigenvalue weighted by atomic mass is 16.3. The molecule has 1 heteroatoms. The van der Waals surface area contributed by atoms with E-state index in [-0.39, 0.29) is 5.41 Å². The molecule has 48 heavy (non-hydrogen) atoms. The first kappa shape index (κ1) is 27.2. The SMILES string of the molecule is CC1(C)c2ccc(-c3ccc(-c4c5ccccc5c(-c5ccccc5)c5ccccc45)cc3)cc2-c2c1ccc1oc3ccccc3c21. The van der Waals surface area contributed by atoms with Gasteiger partial charge in [-0.1, -0.05) is 153 Å². The van der Waals surface area contributed by atoms with E-state index in [0.29, 0.717) is 0 Å². The molecular weight excluding hydrogens is 581 g/mol. The maximum Gasteiger partial charge on any atom is 0.136 e. The Morgan fingerprint density at radius 1 is 0.375 bits per heavy atom. The number of fused-ring (bicyclic) bond motifs is 9. The molecule has 0 saturated heterocycles. The van der Waals surface area contributed by atoms with Gasteiger partial charge in [-0.25, -0.2) is 0 Å². The van der Waals surface area contributed by atoms with Gasteiger partial charge >= 0.3 is 0 Å². The van der Waals surface area contributed by atoms with E-state index in [9.17, 15) is 0 Å². The molecule has 0 N–H and O–H groups in total. The average Bonchev–Trinajstić information content (AvgIpc) is 3.62. The zero-order valence-electron chi connectivity index (χ0n) is 26.9. The molecule has 0 atom stereocenters. The van der Waals surface area contributed by atoms with Crippen molar-refractivity contribution < 1.29 is 4.42 Å². The molecule has 0 spiro atoms. The predicted octanol–water partition coefficient (Wildman–Crippen LogP) is 13.2. The van der Waals surface area contributed by atoms with E-state index < -0.39 is 0 Å². The Balaban J connectivity index is 1.14. The Hall–Kier alpha value is -5.92. The van der Waals surface area contributed by atoms with Crippen LogP contribution < -0.4 is 0 Å². The van der Waals surface area contributed by atoms with Crippen LogP contribution in [-0.4, -0.2) is 0 Å². The van der Waals surface area contributed by atoms with Crippen LogP contribution in [0.15, 0.2) is 162 Å². The zero-order chi connectivity index (χ0) is 32.0. The number of benzene rings is 8. The highest BCUT2D eigenvalue weighted by molar-refractivity contribution is 6.21. The topological polar surface area (TPSA) is 13.1 Å². The molecule has 0 bridgehead atoms. The van der Waals surface area contributed by atoms with Crippen LogP contribution in [0.4, 0.5) is 0 Å². The Kier molecular flexibility index (Phi) is 5.69. The standard InChI is InChI=1S/C47H32O/c1-47(2)39-25-24-32(28-38(39)45-40(47)26-27-42-46(45)37-18-10-11-19-41(37)48-42)29-20-22-31(23-21-29)44-35-16-8-6-14-33(35)43(30-12-4-3-5-13-30)34-15-7-9-17-36(34)44/h3-28H,1-2H3. The van der Waals surface area contributed by atoms with Gasteiger partial charge in [-0.3, -0.25) is 0 Å². The fraction of sp³-hybridized carbons (Fsp3) is 0.0638. The van der Waals surface area contributed by atoms with Crippen molar-refractivity contribution in [3.63, 3.8) is 0 Å². The van der Waals surface area contributed by atoms with Gasteiger partial charge in [0.1, 0.15) is 11.2 Å². The maximum atomic E-state index is 6.32. The summed E-state index contributed by atoms with van der Waals surface area (Å²) in [7, 11) is 0. The van der Waals surface area contributed by atoms with E-state index in [1.54, 1.807) is 0 Å². The van der Waals surface area contributed by atoms with Crippen LogP contribution in [0.25, 0.3) is 88.0 Å². The largest absolute Gasteiger partial charge is 0.456 e. The summed E-state index contributed by atoms with van der Waals surface area (Å²) >= 11 is 0. The fourth-order valence-corrected chi connectivity index (χ4v) is 8.42. The van der Waals surface area contributed by atoms with Crippen molar-refractivity contribution in [3.8, 4) is 44.5 Å². The van der Waals surface area contributed by atoms with Crippen LogP contribution in [0.2, 0.25) is 0 Å². The zero-order valence-corrected chi connectivity index (χ0v) is 26.9. The van der Waals surface area contributed by atoms with E-state index in [0.717, 1.165) is 11.2 Å². The molecule has 1 aliphatic rings. The first-order chi connectivity index (χ1) is 23.6. The van der Waals surface area contributed by atoms with Gasteiger partial charge in [-0.05, 0) is 95.4 Å². The molecule has 9 aromatic rings. The van der Waals surface area contributed by atoms with Gasteiger partial charge in [0.25, 0.3) is 0 Å². The molecule has 0 saturated carbocycles. The molecule has 1 aromatic heterocycles. The van der Waals surface area contributed by atoms with Crippen LogP contribution in [0.5, 0.6) is 0 Å². The minimum absolute atomic E-state index is 0.0896. The summed E-state index contributed by atoms with van der Waals surface area (Å²) in [6.07, 6.45) is 0. The van der Waals surface area contributed by atoms with E-state index in [1.807, 2.05) is 6.07 Å². The third-order valence-corrected chi connectivity index (χ3v) is 10.7. The van der Waals surface area contributed by atoms with Gasteiger partial charge < -0.3 is 4.42 Å². The lowest BCUT2D eigenvalue weighted by atomic mass is 9.82. The predicted molar refractivity (Wildman–Crippen MR) is 203 cm³/mol. The van der Waals surface area contributed by atoms with Crippen molar-refractivity contribution in [2.24, 2.45) is 0 Å². The maximum absolute atomic E-state index is 6.32. The van der Waals surface area contributed by atoms with Crippen LogP contribution in [-0.2, 0) is 5.41 Å². The molecule has 0 aliphatic heterocycles. The van der Waals surface area contributed by atoms with Crippen molar-refractivity contribution >= 4 is 43.5 Å². The number of hydrogen-bond acceptors (Lipinski definition) is 1. The van der Waals surface area contributed by atoms with Crippen molar-refractivity contribution in [2.45, 2.75) is 19.3 Å². The number of hydrogen-bond donors (Lipinski definition) is 0. The highest BCUT2D eigenvalue weighted by Gasteiger charge is 2.37. The summed E-state index contributed by atoms with van der Waals surface area (Å²) in [4.78, 5) is 0. The third-order valence-electron chi connectivity index (χ3n) is 10.7. The lowest BCUT2D eigenvalue weighted by Crippen LogP contribution is -2.14. The Morgan fingerprint density at radius 3 is 1.52 bits per heavy atom. The monoisotopic (exact) mass is 612 g/mol. The normalized spacial score (nSPS) is 13.4. The van der Waals surface area contributed by atoms with Crippen LogP contribution in [0.1, 0.15) is 25.0 Å². The first-order valence-electron chi connectivity index (χ1n) is 16.8. The molecule has 1 aliphatic carbocycles. The molecule has 10 rings (SSSR count). The molecule has 8 aromatic carbocycles. The van der Waals surface area contributed by atoms with Crippen molar-refractivity contribution in [2.75, 3.05) is 0 Å². The molecule has 1 nitrogen and oxygen atoms in total. The van der Waals surface area contributed by atoms with Crippen LogP contribution in [0.3, 0.4) is 0 Å². The van der Waals surface area contributed by atoms with E-state index in [4.69, 9.17) is 4.42 Å². The van der Waals surface area contributed by atoms with E-state index in [2.05, 4.69) is 166 Å². The van der Waals surface area contributed by atoms with E-state index >= 15 is 0 Å². The van der Waals surface area contributed by atoms with Crippen molar-refractivity contribution in [1.29, 1.82) is 0 Å². The second-order valence-corrected chi connectivity index (χ2v) is 13.6. The molecule has 0 amide bonds. The third kappa shape index (κ3) is 3.79. The highest BCUT2D eigenvalue weighted by Crippen LogP contribution is 2.54. The van der Waals surface area contributed by atoms with Gasteiger partial charge in [-0.15, -0.1) is 0 Å². The first-order valence-corrected chi connectivity index (χ1v) is 16.8. The number of rotatable bonds is 3. The molecule has 0 radical (unpaired) electrons.